The Bertz CT molecular complexity index is 438. The Balaban J connectivity index is 2.55. The number of rotatable bonds is 5. The predicted octanol–water partition coefficient (Wildman–Crippen LogP) is 3.19. The second-order valence-electron chi connectivity index (χ2n) is 3.51. The van der Waals surface area contributed by atoms with E-state index in [1.54, 1.807) is 0 Å². The Hall–Kier alpha value is -1.50. The highest BCUT2D eigenvalue weighted by atomic mass is 35.5. The van der Waals surface area contributed by atoms with Crippen LogP contribution in [0.2, 0.25) is 5.15 Å². The number of aromatic nitrogens is 1. The number of nitrogens with one attached hydrogen (secondary N) is 1. The number of halogens is 4. The van der Waals surface area contributed by atoms with Crippen LogP contribution in [0.1, 0.15) is 23.2 Å². The molecule has 100 valence electrons. The number of carboxylic acid groups (broad SMARTS) is 1. The first-order chi connectivity index (χ1) is 8.28. The zero-order valence-electron chi connectivity index (χ0n) is 9.09. The van der Waals surface area contributed by atoms with E-state index in [2.05, 4.69) is 10.3 Å². The monoisotopic (exact) mass is 282 g/mol. The van der Waals surface area contributed by atoms with Crippen LogP contribution in [0, 0.1) is 0 Å². The summed E-state index contributed by atoms with van der Waals surface area (Å²) in [6.45, 7) is 0.0336. The molecule has 0 saturated heterocycles. The molecule has 4 nitrogen and oxygen atoms in total. The van der Waals surface area contributed by atoms with E-state index < -0.39 is 18.6 Å². The van der Waals surface area contributed by atoms with Crippen molar-refractivity contribution in [3.05, 3.63) is 22.8 Å². The van der Waals surface area contributed by atoms with Gasteiger partial charge in [0, 0.05) is 13.0 Å². The van der Waals surface area contributed by atoms with E-state index in [4.69, 9.17) is 16.7 Å². The molecule has 0 atom stereocenters. The summed E-state index contributed by atoms with van der Waals surface area (Å²) >= 11 is 5.59. The smallest absolute Gasteiger partial charge is 0.389 e. The molecule has 0 aliphatic carbocycles. The minimum atomic E-state index is -4.20. The third-order valence-corrected chi connectivity index (χ3v) is 2.18. The molecule has 1 rings (SSSR count). The molecular formula is C10H10ClF3N2O2. The number of hydrogen-bond acceptors (Lipinski definition) is 3. The second kappa shape index (κ2) is 5.90. The fourth-order valence-corrected chi connectivity index (χ4v) is 1.42. The van der Waals surface area contributed by atoms with Crippen LogP contribution in [0.5, 0.6) is 0 Å². The number of hydrogen-bond donors (Lipinski definition) is 2. The van der Waals surface area contributed by atoms with Crippen molar-refractivity contribution in [1.82, 2.24) is 4.98 Å². The number of carbonyl (C=O) groups is 1. The van der Waals surface area contributed by atoms with Gasteiger partial charge in [0.15, 0.2) is 0 Å². The average molecular weight is 283 g/mol. The zero-order valence-corrected chi connectivity index (χ0v) is 9.85. The second-order valence-corrected chi connectivity index (χ2v) is 3.90. The number of alkyl halides is 3. The first kappa shape index (κ1) is 14.6. The summed E-state index contributed by atoms with van der Waals surface area (Å²) in [5.41, 5.74) is -0.0756. The molecule has 0 aliphatic heterocycles. The highest BCUT2D eigenvalue weighted by molar-refractivity contribution is 6.29. The average Bonchev–Trinajstić information content (AvgIpc) is 2.22. The Morgan fingerprint density at radius 3 is 2.67 bits per heavy atom. The van der Waals surface area contributed by atoms with E-state index in [0.717, 1.165) is 6.07 Å². The first-order valence-electron chi connectivity index (χ1n) is 4.99. The molecule has 1 aromatic rings. The van der Waals surface area contributed by atoms with Crippen molar-refractivity contribution in [2.24, 2.45) is 0 Å². The van der Waals surface area contributed by atoms with Crippen LogP contribution in [0.4, 0.5) is 19.0 Å². The lowest BCUT2D eigenvalue weighted by atomic mass is 10.2. The van der Waals surface area contributed by atoms with Gasteiger partial charge in [0.05, 0.1) is 5.56 Å². The van der Waals surface area contributed by atoms with Gasteiger partial charge >= 0.3 is 12.1 Å². The Morgan fingerprint density at radius 2 is 2.11 bits per heavy atom. The lowest BCUT2D eigenvalue weighted by molar-refractivity contribution is -0.134. The largest absolute Gasteiger partial charge is 0.478 e. The van der Waals surface area contributed by atoms with E-state index in [9.17, 15) is 18.0 Å². The summed E-state index contributed by atoms with van der Waals surface area (Å²) in [7, 11) is 0. The summed E-state index contributed by atoms with van der Waals surface area (Å²) in [4.78, 5) is 14.5. The summed E-state index contributed by atoms with van der Waals surface area (Å²) in [6.07, 6.45) is -5.23. The Labute approximate surface area is 106 Å². The van der Waals surface area contributed by atoms with Crippen LogP contribution < -0.4 is 5.32 Å². The van der Waals surface area contributed by atoms with Crippen LogP contribution in [0.25, 0.3) is 0 Å². The fourth-order valence-electron chi connectivity index (χ4n) is 1.22. The van der Waals surface area contributed by atoms with Gasteiger partial charge in [-0.15, -0.1) is 0 Å². The van der Waals surface area contributed by atoms with Gasteiger partial charge in [-0.3, -0.25) is 0 Å². The molecule has 0 amide bonds. The standard InChI is InChI=1S/C10H10ClF3N2O2/c11-7-4-6(9(17)18)5-8(16-7)15-3-1-2-10(12,13)14/h4-5H,1-3H2,(H,15,16)(H,17,18). The normalized spacial score (nSPS) is 11.3. The van der Waals surface area contributed by atoms with Crippen molar-refractivity contribution < 1.29 is 23.1 Å². The third kappa shape index (κ3) is 5.22. The minimum absolute atomic E-state index is 0.0336. The van der Waals surface area contributed by atoms with E-state index >= 15 is 0 Å². The van der Waals surface area contributed by atoms with Gasteiger partial charge in [-0.1, -0.05) is 11.6 Å². The molecule has 0 aliphatic rings. The van der Waals surface area contributed by atoms with Gasteiger partial charge < -0.3 is 10.4 Å². The van der Waals surface area contributed by atoms with Crippen LogP contribution in [-0.2, 0) is 0 Å². The Kier molecular flexibility index (Phi) is 4.77. The summed E-state index contributed by atoms with van der Waals surface area (Å²) in [6, 6.07) is 2.37. The van der Waals surface area contributed by atoms with Gasteiger partial charge in [0.2, 0.25) is 0 Å². The Morgan fingerprint density at radius 1 is 1.44 bits per heavy atom. The zero-order chi connectivity index (χ0) is 13.8. The molecular weight excluding hydrogens is 273 g/mol. The van der Waals surface area contributed by atoms with Crippen LogP contribution >= 0.6 is 11.6 Å². The van der Waals surface area contributed by atoms with Gasteiger partial charge in [-0.2, -0.15) is 13.2 Å². The minimum Gasteiger partial charge on any atom is -0.478 e. The van der Waals surface area contributed by atoms with Crippen molar-refractivity contribution >= 4 is 23.4 Å². The molecule has 0 aromatic carbocycles. The third-order valence-electron chi connectivity index (χ3n) is 1.98. The van der Waals surface area contributed by atoms with Gasteiger partial charge in [0.25, 0.3) is 0 Å². The molecule has 2 N–H and O–H groups in total. The molecule has 1 aromatic heterocycles. The van der Waals surface area contributed by atoms with E-state index in [1.807, 2.05) is 0 Å². The topological polar surface area (TPSA) is 62.2 Å². The number of pyridine rings is 1. The number of aromatic carboxylic acids is 1. The lowest BCUT2D eigenvalue weighted by Crippen LogP contribution is -2.11. The van der Waals surface area contributed by atoms with Crippen molar-refractivity contribution in [3.8, 4) is 0 Å². The first-order valence-corrected chi connectivity index (χ1v) is 5.37. The highest BCUT2D eigenvalue weighted by Gasteiger charge is 2.25. The molecule has 0 saturated carbocycles. The summed E-state index contributed by atoms with van der Waals surface area (Å²) in [5, 5.41) is 11.3. The van der Waals surface area contributed by atoms with Crippen molar-refractivity contribution in [2.75, 3.05) is 11.9 Å². The maximum Gasteiger partial charge on any atom is 0.389 e. The highest BCUT2D eigenvalue weighted by Crippen LogP contribution is 2.21. The lowest BCUT2D eigenvalue weighted by Gasteiger charge is -2.08. The number of carboxylic acids is 1. The quantitative estimate of drug-likeness (QED) is 0.643. The number of nitrogens with zero attached hydrogens (tertiary/aromatic N) is 1. The van der Waals surface area contributed by atoms with Crippen molar-refractivity contribution in [1.29, 1.82) is 0 Å². The molecule has 8 heteroatoms. The van der Waals surface area contributed by atoms with Crippen LogP contribution in [0.3, 0.4) is 0 Å². The molecule has 0 fully saturated rings. The predicted molar refractivity (Wildman–Crippen MR) is 60.0 cm³/mol. The fraction of sp³-hybridized carbons (Fsp3) is 0.400. The van der Waals surface area contributed by atoms with Crippen LogP contribution in [-0.4, -0.2) is 28.8 Å². The van der Waals surface area contributed by atoms with Crippen molar-refractivity contribution in [3.63, 3.8) is 0 Å². The van der Waals surface area contributed by atoms with Gasteiger partial charge in [-0.25, -0.2) is 9.78 Å². The van der Waals surface area contributed by atoms with E-state index in [1.165, 1.54) is 6.07 Å². The maximum atomic E-state index is 11.9. The van der Waals surface area contributed by atoms with E-state index in [-0.39, 0.29) is 29.5 Å². The molecule has 0 bridgehead atoms. The molecule has 18 heavy (non-hydrogen) atoms. The van der Waals surface area contributed by atoms with Gasteiger partial charge in [-0.05, 0) is 18.6 Å². The molecule has 0 unspecified atom stereocenters. The van der Waals surface area contributed by atoms with Crippen LogP contribution in [0.15, 0.2) is 12.1 Å². The summed E-state index contributed by atoms with van der Waals surface area (Å²) in [5.74, 6) is -1.04. The summed E-state index contributed by atoms with van der Waals surface area (Å²) < 4.78 is 35.6. The maximum absolute atomic E-state index is 11.9. The van der Waals surface area contributed by atoms with Crippen molar-refractivity contribution in [2.45, 2.75) is 19.0 Å². The molecule has 0 spiro atoms. The van der Waals surface area contributed by atoms with E-state index in [0.29, 0.717) is 0 Å². The molecule has 1 heterocycles. The SMILES string of the molecule is O=C(O)c1cc(Cl)nc(NCCCC(F)(F)F)c1. The van der Waals surface area contributed by atoms with Gasteiger partial charge in [0.1, 0.15) is 11.0 Å². The number of anilines is 1. The molecule has 0 radical (unpaired) electrons.